The Morgan fingerprint density at radius 2 is 0.881 bits per heavy atom. The molecule has 1 aliphatic rings. The number of fused-ring (bicyclic) bond motifs is 6. The number of hydrogen-bond acceptors (Lipinski definition) is 2. The number of para-hydroxylation sites is 2. The normalized spacial score (nSPS) is 12.7. The second-order valence-corrected chi connectivity index (χ2v) is 16.1. The highest BCUT2D eigenvalue weighted by Gasteiger charge is 2.36. The quantitative estimate of drug-likeness (QED) is 0.161. The highest BCUT2D eigenvalue weighted by molar-refractivity contribution is 6.14. The van der Waals surface area contributed by atoms with Gasteiger partial charge in [0.1, 0.15) is 11.2 Å². The molecule has 280 valence electrons. The Bertz CT molecular complexity index is 3120. The average Bonchev–Trinajstić information content (AvgIpc) is 3.79. The van der Waals surface area contributed by atoms with Gasteiger partial charge in [-0.05, 0) is 122 Å². The predicted molar refractivity (Wildman–Crippen MR) is 248 cm³/mol. The predicted octanol–water partition coefficient (Wildman–Crippen LogP) is 16.0. The lowest BCUT2D eigenvalue weighted by Gasteiger charge is -2.30. The fourth-order valence-electron chi connectivity index (χ4n) is 9.35. The molecule has 0 spiro atoms. The number of benzene rings is 9. The van der Waals surface area contributed by atoms with E-state index in [9.17, 15) is 0 Å². The zero-order chi connectivity index (χ0) is 39.5. The first-order chi connectivity index (χ1) is 29.0. The van der Waals surface area contributed by atoms with Crippen LogP contribution in [0.1, 0.15) is 25.0 Å². The highest BCUT2D eigenvalue weighted by atomic mass is 16.3. The molecular weight excluding hydrogens is 715 g/mol. The van der Waals surface area contributed by atoms with Gasteiger partial charge in [-0.1, -0.05) is 166 Å². The standard InChI is InChI=1S/C57H41NO/c1-57(2)51-24-12-9-20-46(51)47-33-32-45(37-52(47)57)58(53-25-13-10-21-48(53)49-23-15-27-55-56(49)50-22-11-14-26-54(50)59-55)44-30-28-40(29-31-44)43-35-41(38-16-5-3-6-17-38)34-42(36-43)39-18-7-4-8-19-39/h3-37H,1-2H3. The van der Waals surface area contributed by atoms with Crippen LogP contribution in [-0.4, -0.2) is 0 Å². The van der Waals surface area contributed by atoms with Crippen molar-refractivity contribution in [3.05, 3.63) is 223 Å². The molecule has 0 aliphatic heterocycles. The van der Waals surface area contributed by atoms with E-state index < -0.39 is 0 Å². The van der Waals surface area contributed by atoms with Crippen LogP contribution >= 0.6 is 0 Å². The molecule has 10 aromatic rings. The van der Waals surface area contributed by atoms with E-state index >= 15 is 0 Å². The lowest BCUT2D eigenvalue weighted by atomic mass is 9.82. The Morgan fingerprint density at radius 3 is 1.59 bits per heavy atom. The summed E-state index contributed by atoms with van der Waals surface area (Å²) >= 11 is 0. The van der Waals surface area contributed by atoms with Crippen molar-refractivity contribution >= 4 is 39.0 Å². The van der Waals surface area contributed by atoms with Crippen LogP contribution in [0.5, 0.6) is 0 Å². The summed E-state index contributed by atoms with van der Waals surface area (Å²) in [5.74, 6) is 0. The van der Waals surface area contributed by atoms with Crippen LogP contribution in [0.4, 0.5) is 17.1 Å². The van der Waals surface area contributed by atoms with Gasteiger partial charge in [-0.2, -0.15) is 0 Å². The minimum absolute atomic E-state index is 0.140. The molecule has 0 radical (unpaired) electrons. The SMILES string of the molecule is CC1(C)c2ccccc2-c2ccc(N(c3ccc(-c4cc(-c5ccccc5)cc(-c5ccccc5)c4)cc3)c3ccccc3-c3cccc4oc5ccccc5c34)cc21. The van der Waals surface area contributed by atoms with Crippen LogP contribution in [0.15, 0.2) is 217 Å². The van der Waals surface area contributed by atoms with Crippen LogP contribution in [0.3, 0.4) is 0 Å². The van der Waals surface area contributed by atoms with Gasteiger partial charge < -0.3 is 9.32 Å². The Kier molecular flexibility index (Phi) is 8.20. The number of hydrogen-bond donors (Lipinski definition) is 0. The summed E-state index contributed by atoms with van der Waals surface area (Å²) in [6, 6.07) is 76.9. The van der Waals surface area contributed by atoms with Gasteiger partial charge in [0.05, 0.1) is 5.69 Å². The highest BCUT2D eigenvalue weighted by Crippen LogP contribution is 2.52. The zero-order valence-electron chi connectivity index (χ0n) is 33.1. The minimum Gasteiger partial charge on any atom is -0.456 e. The van der Waals surface area contributed by atoms with Gasteiger partial charge in [-0.15, -0.1) is 0 Å². The summed E-state index contributed by atoms with van der Waals surface area (Å²) in [4.78, 5) is 2.44. The molecule has 0 saturated carbocycles. The topological polar surface area (TPSA) is 16.4 Å². The number of furan rings is 1. The molecule has 2 heteroatoms. The fourth-order valence-corrected chi connectivity index (χ4v) is 9.35. The molecule has 9 aromatic carbocycles. The molecule has 0 N–H and O–H groups in total. The van der Waals surface area contributed by atoms with E-state index in [-0.39, 0.29) is 5.41 Å². The van der Waals surface area contributed by atoms with Gasteiger partial charge in [0.2, 0.25) is 0 Å². The summed E-state index contributed by atoms with van der Waals surface area (Å²) < 4.78 is 6.40. The number of rotatable bonds is 7. The maximum atomic E-state index is 6.40. The van der Waals surface area contributed by atoms with E-state index in [0.29, 0.717) is 0 Å². The Morgan fingerprint density at radius 1 is 0.356 bits per heavy atom. The van der Waals surface area contributed by atoms with Crippen LogP contribution in [-0.2, 0) is 5.41 Å². The molecule has 1 aliphatic carbocycles. The Labute approximate surface area is 345 Å². The van der Waals surface area contributed by atoms with Crippen LogP contribution in [0.25, 0.3) is 77.6 Å². The van der Waals surface area contributed by atoms with Crippen molar-refractivity contribution < 1.29 is 4.42 Å². The molecule has 11 rings (SSSR count). The molecule has 1 heterocycles. The average molecular weight is 756 g/mol. The maximum Gasteiger partial charge on any atom is 0.136 e. The number of anilines is 3. The Balaban J connectivity index is 1.09. The first kappa shape index (κ1) is 34.8. The summed E-state index contributed by atoms with van der Waals surface area (Å²) in [6.07, 6.45) is 0. The van der Waals surface area contributed by atoms with Crippen molar-refractivity contribution in [1.29, 1.82) is 0 Å². The first-order valence-corrected chi connectivity index (χ1v) is 20.4. The molecule has 1 aromatic heterocycles. The largest absolute Gasteiger partial charge is 0.456 e. The van der Waals surface area contributed by atoms with Gasteiger partial charge in [0.15, 0.2) is 0 Å². The van der Waals surface area contributed by atoms with E-state index in [1.54, 1.807) is 0 Å². The second kappa shape index (κ2) is 13.9. The van der Waals surface area contributed by atoms with E-state index in [0.717, 1.165) is 55.7 Å². The van der Waals surface area contributed by atoms with Crippen molar-refractivity contribution in [2.75, 3.05) is 4.90 Å². The lowest BCUT2D eigenvalue weighted by molar-refractivity contribution is 0.660. The lowest BCUT2D eigenvalue weighted by Crippen LogP contribution is -2.16. The molecule has 0 unspecified atom stereocenters. The van der Waals surface area contributed by atoms with Crippen molar-refractivity contribution in [2.24, 2.45) is 0 Å². The molecule has 0 fully saturated rings. The second-order valence-electron chi connectivity index (χ2n) is 16.1. The van der Waals surface area contributed by atoms with Crippen LogP contribution in [0, 0.1) is 0 Å². The summed E-state index contributed by atoms with van der Waals surface area (Å²) in [5, 5.41) is 2.25. The van der Waals surface area contributed by atoms with Gasteiger partial charge in [0, 0.05) is 33.1 Å². The summed E-state index contributed by atoms with van der Waals surface area (Å²) in [7, 11) is 0. The smallest absolute Gasteiger partial charge is 0.136 e. The molecule has 0 amide bonds. The monoisotopic (exact) mass is 755 g/mol. The summed E-state index contributed by atoms with van der Waals surface area (Å²) in [5.41, 5.74) is 19.7. The molecule has 0 saturated heterocycles. The molecule has 2 nitrogen and oxygen atoms in total. The fraction of sp³-hybridized carbons (Fsp3) is 0.0526. The first-order valence-electron chi connectivity index (χ1n) is 20.4. The maximum absolute atomic E-state index is 6.40. The van der Waals surface area contributed by atoms with Crippen molar-refractivity contribution in [1.82, 2.24) is 0 Å². The van der Waals surface area contributed by atoms with Gasteiger partial charge in [0.25, 0.3) is 0 Å². The third-order valence-corrected chi connectivity index (χ3v) is 12.3. The van der Waals surface area contributed by atoms with E-state index in [4.69, 9.17) is 4.42 Å². The van der Waals surface area contributed by atoms with Gasteiger partial charge >= 0.3 is 0 Å². The third-order valence-electron chi connectivity index (χ3n) is 12.3. The van der Waals surface area contributed by atoms with E-state index in [2.05, 4.69) is 225 Å². The van der Waals surface area contributed by atoms with Crippen molar-refractivity contribution in [2.45, 2.75) is 19.3 Å². The zero-order valence-corrected chi connectivity index (χ0v) is 33.1. The molecule has 0 atom stereocenters. The van der Waals surface area contributed by atoms with E-state index in [1.807, 2.05) is 6.07 Å². The molecular formula is C57H41NO. The van der Waals surface area contributed by atoms with Crippen LogP contribution in [0.2, 0.25) is 0 Å². The third kappa shape index (κ3) is 5.87. The summed E-state index contributed by atoms with van der Waals surface area (Å²) in [6.45, 7) is 4.71. The van der Waals surface area contributed by atoms with E-state index in [1.165, 1.54) is 50.1 Å². The Hall–Kier alpha value is -7.42. The molecule has 0 bridgehead atoms. The number of nitrogens with zero attached hydrogens (tertiary/aromatic N) is 1. The van der Waals surface area contributed by atoms with Crippen molar-refractivity contribution in [3.63, 3.8) is 0 Å². The molecule has 59 heavy (non-hydrogen) atoms. The minimum atomic E-state index is -0.140. The van der Waals surface area contributed by atoms with Gasteiger partial charge in [-0.3, -0.25) is 0 Å². The van der Waals surface area contributed by atoms with Crippen LogP contribution < -0.4 is 4.90 Å². The van der Waals surface area contributed by atoms with Crippen molar-refractivity contribution in [3.8, 4) is 55.6 Å². The van der Waals surface area contributed by atoms with Gasteiger partial charge in [-0.25, -0.2) is 0 Å².